The van der Waals surface area contributed by atoms with E-state index in [1.807, 2.05) is 13.1 Å². The molecular weight excluding hydrogens is 134 g/mol. The lowest BCUT2D eigenvalue weighted by Gasteiger charge is -2.01. The van der Waals surface area contributed by atoms with Crippen LogP contribution in [-0.4, -0.2) is 7.05 Å². The van der Waals surface area contributed by atoms with Gasteiger partial charge in [-0.05, 0) is 18.4 Å². The Morgan fingerprint density at radius 3 is 2.67 bits per heavy atom. The van der Waals surface area contributed by atoms with Crippen molar-refractivity contribution in [2.24, 2.45) is 5.92 Å². The van der Waals surface area contributed by atoms with Crippen LogP contribution >= 0.6 is 11.6 Å². The molecule has 1 atom stereocenters. The third-order valence-corrected chi connectivity index (χ3v) is 1.63. The second-order valence-corrected chi connectivity index (χ2v) is 2.56. The first-order valence-corrected chi connectivity index (χ1v) is 3.63. The second kappa shape index (κ2) is 4.68. The van der Waals surface area contributed by atoms with Crippen LogP contribution in [0.5, 0.6) is 0 Å². The summed E-state index contributed by atoms with van der Waals surface area (Å²) in [6, 6.07) is 0. The molecule has 0 aliphatic rings. The predicted octanol–water partition coefficient (Wildman–Crippen LogP) is 2.33. The summed E-state index contributed by atoms with van der Waals surface area (Å²) >= 11 is 5.69. The van der Waals surface area contributed by atoms with Gasteiger partial charge in [0.25, 0.3) is 0 Å². The first-order valence-electron chi connectivity index (χ1n) is 3.25. The van der Waals surface area contributed by atoms with Gasteiger partial charge in [-0.2, -0.15) is 0 Å². The second-order valence-electron chi connectivity index (χ2n) is 2.15. The van der Waals surface area contributed by atoms with Crippen LogP contribution in [0.2, 0.25) is 0 Å². The molecule has 0 aromatic rings. The Kier molecular flexibility index (Phi) is 4.60. The van der Waals surface area contributed by atoms with Gasteiger partial charge >= 0.3 is 0 Å². The van der Waals surface area contributed by atoms with Crippen molar-refractivity contribution in [2.75, 3.05) is 7.05 Å². The number of hydrogen-bond acceptors (Lipinski definition) is 1. The highest BCUT2D eigenvalue weighted by atomic mass is 35.5. The van der Waals surface area contributed by atoms with Gasteiger partial charge < -0.3 is 5.32 Å². The maximum Gasteiger partial charge on any atom is 0.0977 e. The van der Waals surface area contributed by atoms with Crippen molar-refractivity contribution in [3.8, 4) is 0 Å². The molecule has 0 fully saturated rings. The summed E-state index contributed by atoms with van der Waals surface area (Å²) in [5.74, 6) is 0.574. The van der Waals surface area contributed by atoms with Gasteiger partial charge in [-0.15, -0.1) is 0 Å². The fourth-order valence-electron chi connectivity index (χ4n) is 0.451. The molecule has 1 N–H and O–H groups in total. The number of nitrogens with one attached hydrogen (secondary N) is 1. The zero-order valence-electron chi connectivity index (χ0n) is 6.24. The van der Waals surface area contributed by atoms with Crippen LogP contribution in [0.25, 0.3) is 0 Å². The Balaban J connectivity index is 3.64. The van der Waals surface area contributed by atoms with Crippen molar-refractivity contribution in [1.82, 2.24) is 5.32 Å². The molecule has 0 amide bonds. The van der Waals surface area contributed by atoms with Crippen LogP contribution in [0.3, 0.4) is 0 Å². The van der Waals surface area contributed by atoms with Gasteiger partial charge in [-0.1, -0.05) is 25.4 Å². The Hall–Kier alpha value is -0.170. The summed E-state index contributed by atoms with van der Waals surface area (Å²) in [6.45, 7) is 4.28. The first-order chi connectivity index (χ1) is 4.20. The van der Waals surface area contributed by atoms with Crippen LogP contribution < -0.4 is 5.32 Å². The first kappa shape index (κ1) is 8.83. The highest BCUT2D eigenvalue weighted by molar-refractivity contribution is 6.29. The lowest BCUT2D eigenvalue weighted by Crippen LogP contribution is -2.01. The zero-order valence-corrected chi connectivity index (χ0v) is 7.00. The van der Waals surface area contributed by atoms with Crippen molar-refractivity contribution in [3.63, 3.8) is 0 Å². The molecule has 2 heteroatoms. The number of rotatable bonds is 3. The lowest BCUT2D eigenvalue weighted by molar-refractivity contribution is 0.691. The molecule has 0 saturated carbocycles. The van der Waals surface area contributed by atoms with Crippen LogP contribution in [0.1, 0.15) is 20.3 Å². The predicted molar refractivity (Wildman–Crippen MR) is 42.5 cm³/mol. The van der Waals surface area contributed by atoms with Crippen molar-refractivity contribution in [1.29, 1.82) is 0 Å². The van der Waals surface area contributed by atoms with Crippen molar-refractivity contribution >= 4 is 11.6 Å². The van der Waals surface area contributed by atoms with Crippen LogP contribution in [0.4, 0.5) is 0 Å². The number of halogens is 1. The molecule has 1 nitrogen and oxygen atoms in total. The molecule has 0 rings (SSSR count). The monoisotopic (exact) mass is 147 g/mol. The summed E-state index contributed by atoms with van der Waals surface area (Å²) in [4.78, 5) is 0. The van der Waals surface area contributed by atoms with E-state index in [0.29, 0.717) is 5.92 Å². The maximum atomic E-state index is 5.69. The van der Waals surface area contributed by atoms with Gasteiger partial charge in [0.1, 0.15) is 0 Å². The van der Waals surface area contributed by atoms with Gasteiger partial charge in [-0.3, -0.25) is 0 Å². The number of allylic oxidation sites excluding steroid dienone is 1. The molecule has 54 valence electrons. The summed E-state index contributed by atoms with van der Waals surface area (Å²) in [6.07, 6.45) is 3.15. The van der Waals surface area contributed by atoms with Crippen LogP contribution in [0, 0.1) is 5.92 Å². The minimum Gasteiger partial charge on any atom is -0.379 e. The van der Waals surface area contributed by atoms with E-state index in [-0.39, 0.29) is 0 Å². The quantitative estimate of drug-likeness (QED) is 0.605. The minimum atomic E-state index is 0.574. The van der Waals surface area contributed by atoms with E-state index in [1.54, 1.807) is 0 Å². The molecule has 0 aromatic carbocycles. The minimum absolute atomic E-state index is 0.574. The van der Waals surface area contributed by atoms with E-state index in [2.05, 4.69) is 19.2 Å². The van der Waals surface area contributed by atoms with Crippen LogP contribution in [-0.2, 0) is 0 Å². The van der Waals surface area contributed by atoms with Crippen molar-refractivity contribution in [3.05, 3.63) is 11.2 Å². The summed E-state index contributed by atoms with van der Waals surface area (Å²) in [5.41, 5.74) is 0. The molecule has 0 radical (unpaired) electrons. The van der Waals surface area contributed by atoms with Gasteiger partial charge in [0.15, 0.2) is 0 Å². The van der Waals surface area contributed by atoms with Gasteiger partial charge in [0, 0.05) is 7.05 Å². The normalized spacial score (nSPS) is 15.3. The van der Waals surface area contributed by atoms with Crippen molar-refractivity contribution < 1.29 is 0 Å². The van der Waals surface area contributed by atoms with Crippen molar-refractivity contribution in [2.45, 2.75) is 20.3 Å². The smallest absolute Gasteiger partial charge is 0.0977 e. The summed E-state index contributed by atoms with van der Waals surface area (Å²) < 4.78 is 0. The molecule has 9 heavy (non-hydrogen) atoms. The molecule has 0 bridgehead atoms. The Morgan fingerprint density at radius 1 is 1.78 bits per heavy atom. The SMILES string of the molecule is CCC(C)/C=C(/Cl)NC. The summed E-state index contributed by atoms with van der Waals surface area (Å²) in [7, 11) is 1.82. The van der Waals surface area contributed by atoms with E-state index in [0.717, 1.165) is 11.6 Å². The Bertz CT molecular complexity index is 99.1. The maximum absolute atomic E-state index is 5.69. The standard InChI is InChI=1S/C7H14ClN/c1-4-6(2)5-7(8)9-3/h5-6,9H,4H2,1-3H3/b7-5-. The largest absolute Gasteiger partial charge is 0.379 e. The number of hydrogen-bond donors (Lipinski definition) is 1. The molecule has 0 saturated heterocycles. The molecule has 0 heterocycles. The molecule has 0 aliphatic heterocycles. The molecular formula is C7H14ClN. The van der Waals surface area contributed by atoms with Crippen LogP contribution in [0.15, 0.2) is 11.2 Å². The fourth-order valence-corrected chi connectivity index (χ4v) is 0.666. The highest BCUT2D eigenvalue weighted by Crippen LogP contribution is 2.06. The van der Waals surface area contributed by atoms with Gasteiger partial charge in [-0.25, -0.2) is 0 Å². The van der Waals surface area contributed by atoms with E-state index in [1.165, 1.54) is 0 Å². The highest BCUT2D eigenvalue weighted by Gasteiger charge is 1.93. The van der Waals surface area contributed by atoms with E-state index < -0.39 is 0 Å². The molecule has 1 unspecified atom stereocenters. The van der Waals surface area contributed by atoms with E-state index in [4.69, 9.17) is 11.6 Å². The van der Waals surface area contributed by atoms with Gasteiger partial charge in [0.2, 0.25) is 0 Å². The average Bonchev–Trinajstić information content (AvgIpc) is 1.87. The fraction of sp³-hybridized carbons (Fsp3) is 0.714. The third kappa shape index (κ3) is 4.34. The Labute approximate surface area is 62.1 Å². The summed E-state index contributed by atoms with van der Waals surface area (Å²) in [5, 5.41) is 3.60. The van der Waals surface area contributed by atoms with E-state index >= 15 is 0 Å². The molecule has 0 spiro atoms. The Morgan fingerprint density at radius 2 is 2.33 bits per heavy atom. The molecule has 0 aromatic heterocycles. The van der Waals surface area contributed by atoms with E-state index in [9.17, 15) is 0 Å². The lowest BCUT2D eigenvalue weighted by atomic mass is 10.1. The van der Waals surface area contributed by atoms with Gasteiger partial charge in [0.05, 0.1) is 5.16 Å². The average molecular weight is 148 g/mol. The zero-order chi connectivity index (χ0) is 7.28. The molecule has 0 aliphatic carbocycles. The third-order valence-electron chi connectivity index (χ3n) is 1.31. The topological polar surface area (TPSA) is 12.0 Å².